The van der Waals surface area contributed by atoms with E-state index in [4.69, 9.17) is 9.62 Å². The molecule has 13 heavy (non-hydrogen) atoms. The summed E-state index contributed by atoms with van der Waals surface area (Å²) in [6, 6.07) is 0. The second-order valence-corrected chi connectivity index (χ2v) is 2.99. The number of hydrogen-bond acceptors (Lipinski definition) is 4. The summed E-state index contributed by atoms with van der Waals surface area (Å²) in [4.78, 5) is 20.0. The molecule has 0 spiro atoms. The van der Waals surface area contributed by atoms with Crippen LogP contribution in [0.5, 0.6) is 0 Å². The highest BCUT2D eigenvalue weighted by Gasteiger charge is 2.11. The van der Waals surface area contributed by atoms with Crippen molar-refractivity contribution in [1.82, 2.24) is 0 Å². The summed E-state index contributed by atoms with van der Waals surface area (Å²) in [5.74, 6) is 0. The van der Waals surface area contributed by atoms with Gasteiger partial charge in [-0.1, -0.05) is 13.8 Å². The molecule has 0 saturated heterocycles. The molecule has 4 nitrogen and oxygen atoms in total. The van der Waals surface area contributed by atoms with E-state index in [0.717, 1.165) is 12.8 Å². The highest BCUT2D eigenvalue weighted by atomic mass is 17.2. The van der Waals surface area contributed by atoms with E-state index < -0.39 is 6.16 Å². The molecule has 0 aromatic heterocycles. The Labute approximate surface area is 79.1 Å². The maximum absolute atomic E-state index is 10.9. The Morgan fingerprint density at radius 1 is 1.15 bits per heavy atom. The quantitative estimate of drug-likeness (QED) is 0.380. The van der Waals surface area contributed by atoms with Crippen LogP contribution >= 0.6 is 0 Å². The van der Waals surface area contributed by atoms with Gasteiger partial charge in [-0.25, -0.2) is 4.79 Å². The van der Waals surface area contributed by atoms with Gasteiger partial charge in [-0.3, -0.25) is 4.89 Å². The number of hydrogen-bond donors (Lipinski definition) is 0. The van der Waals surface area contributed by atoms with Crippen LogP contribution in [0.1, 0.15) is 40.5 Å². The topological polar surface area (TPSA) is 44.8 Å². The molecule has 0 aromatic carbocycles. The molecule has 0 aromatic rings. The molecule has 0 aliphatic rings. The van der Waals surface area contributed by atoms with Crippen molar-refractivity contribution >= 4 is 6.16 Å². The van der Waals surface area contributed by atoms with E-state index >= 15 is 0 Å². The molecule has 0 bridgehead atoms. The van der Waals surface area contributed by atoms with Crippen molar-refractivity contribution in [1.29, 1.82) is 0 Å². The normalized spacial score (nSPS) is 14.8. The third-order valence-corrected chi connectivity index (χ3v) is 1.73. The number of rotatable bonds is 5. The fraction of sp³-hybridized carbons (Fsp3) is 0.889. The molecule has 0 fully saturated rings. The highest BCUT2D eigenvalue weighted by molar-refractivity contribution is 5.59. The van der Waals surface area contributed by atoms with Gasteiger partial charge in [0.05, 0.1) is 0 Å². The van der Waals surface area contributed by atoms with Gasteiger partial charge in [-0.2, -0.15) is 4.89 Å². The van der Waals surface area contributed by atoms with Crippen LogP contribution in [-0.4, -0.2) is 18.4 Å². The van der Waals surface area contributed by atoms with Crippen LogP contribution in [0.3, 0.4) is 0 Å². The van der Waals surface area contributed by atoms with Crippen LogP contribution in [0.25, 0.3) is 0 Å². The molecule has 2 atom stereocenters. The fourth-order valence-electron chi connectivity index (χ4n) is 0.457. The molecule has 0 N–H and O–H groups in total. The minimum absolute atomic E-state index is 0.0931. The van der Waals surface area contributed by atoms with Crippen molar-refractivity contribution in [2.45, 2.75) is 52.7 Å². The van der Waals surface area contributed by atoms with E-state index in [2.05, 4.69) is 4.89 Å². The first-order valence-electron chi connectivity index (χ1n) is 4.64. The second-order valence-electron chi connectivity index (χ2n) is 2.99. The zero-order valence-corrected chi connectivity index (χ0v) is 8.70. The zero-order chi connectivity index (χ0) is 10.3. The summed E-state index contributed by atoms with van der Waals surface area (Å²) in [6.07, 6.45) is 0.557. The van der Waals surface area contributed by atoms with Crippen molar-refractivity contribution < 1.29 is 19.3 Å². The van der Waals surface area contributed by atoms with Gasteiger partial charge < -0.3 is 4.74 Å². The number of carbonyl (C=O) groups is 1. The van der Waals surface area contributed by atoms with Crippen molar-refractivity contribution in [2.24, 2.45) is 0 Å². The third kappa shape index (κ3) is 6.40. The monoisotopic (exact) mass is 190 g/mol. The van der Waals surface area contributed by atoms with Gasteiger partial charge in [0.2, 0.25) is 0 Å². The predicted molar refractivity (Wildman–Crippen MR) is 48.2 cm³/mol. The Hall–Kier alpha value is -0.770. The van der Waals surface area contributed by atoms with E-state index in [0.29, 0.717) is 0 Å². The first-order chi connectivity index (χ1) is 6.10. The average molecular weight is 190 g/mol. The van der Waals surface area contributed by atoms with Gasteiger partial charge in [0, 0.05) is 0 Å². The lowest BCUT2D eigenvalue weighted by Gasteiger charge is -2.11. The van der Waals surface area contributed by atoms with Crippen LogP contribution in [0.2, 0.25) is 0 Å². The Kier molecular flexibility index (Phi) is 6.32. The lowest BCUT2D eigenvalue weighted by atomic mass is 10.3. The van der Waals surface area contributed by atoms with Gasteiger partial charge in [0.25, 0.3) is 0 Å². The molecule has 0 aliphatic carbocycles. The Morgan fingerprint density at radius 3 is 2.15 bits per heavy atom. The van der Waals surface area contributed by atoms with Gasteiger partial charge in [-0.05, 0) is 26.7 Å². The fourth-order valence-corrected chi connectivity index (χ4v) is 0.457. The molecule has 0 amide bonds. The van der Waals surface area contributed by atoms with E-state index in [1.54, 1.807) is 6.92 Å². The van der Waals surface area contributed by atoms with E-state index in [9.17, 15) is 4.79 Å². The molecule has 0 radical (unpaired) electrons. The van der Waals surface area contributed by atoms with E-state index in [1.165, 1.54) is 0 Å². The van der Waals surface area contributed by atoms with Crippen LogP contribution in [0.4, 0.5) is 4.79 Å². The average Bonchev–Trinajstić information content (AvgIpc) is 2.13. The lowest BCUT2D eigenvalue weighted by Crippen LogP contribution is -2.18. The molecule has 0 heterocycles. The van der Waals surface area contributed by atoms with E-state index in [-0.39, 0.29) is 12.2 Å². The Bertz CT molecular complexity index is 147. The van der Waals surface area contributed by atoms with Crippen LogP contribution in [0.15, 0.2) is 0 Å². The van der Waals surface area contributed by atoms with Crippen molar-refractivity contribution in [3.63, 3.8) is 0 Å². The molecular weight excluding hydrogens is 172 g/mol. The SMILES string of the molecule is CCC(C)OOC(=O)OC(C)CC. The maximum atomic E-state index is 10.9. The summed E-state index contributed by atoms with van der Waals surface area (Å²) in [6.45, 7) is 7.47. The predicted octanol–water partition coefficient (Wildman–Crippen LogP) is 2.67. The van der Waals surface area contributed by atoms with Crippen LogP contribution < -0.4 is 0 Å². The van der Waals surface area contributed by atoms with Crippen LogP contribution in [-0.2, 0) is 14.5 Å². The van der Waals surface area contributed by atoms with Gasteiger partial charge in [-0.15, -0.1) is 0 Å². The van der Waals surface area contributed by atoms with Crippen molar-refractivity contribution in [2.75, 3.05) is 0 Å². The smallest absolute Gasteiger partial charge is 0.429 e. The maximum Gasteiger partial charge on any atom is 0.540 e. The standard InChI is InChI=1S/C9H18O4/c1-5-7(3)11-9(10)13-12-8(4)6-2/h7-8H,5-6H2,1-4H3. The molecule has 2 unspecified atom stereocenters. The highest BCUT2D eigenvalue weighted by Crippen LogP contribution is 2.01. The van der Waals surface area contributed by atoms with Crippen molar-refractivity contribution in [3.8, 4) is 0 Å². The largest absolute Gasteiger partial charge is 0.540 e. The minimum atomic E-state index is -0.769. The zero-order valence-electron chi connectivity index (χ0n) is 8.70. The van der Waals surface area contributed by atoms with Gasteiger partial charge >= 0.3 is 6.16 Å². The molecule has 0 aliphatic heterocycles. The van der Waals surface area contributed by atoms with Crippen LogP contribution in [0, 0.1) is 0 Å². The summed E-state index contributed by atoms with van der Waals surface area (Å²) < 4.78 is 4.81. The summed E-state index contributed by atoms with van der Waals surface area (Å²) >= 11 is 0. The Morgan fingerprint density at radius 2 is 1.69 bits per heavy atom. The second kappa shape index (κ2) is 6.71. The number of carbonyl (C=O) groups excluding carboxylic acids is 1. The third-order valence-electron chi connectivity index (χ3n) is 1.73. The number of ether oxygens (including phenoxy) is 1. The first kappa shape index (κ1) is 12.2. The minimum Gasteiger partial charge on any atom is -0.429 e. The van der Waals surface area contributed by atoms with Crippen molar-refractivity contribution in [3.05, 3.63) is 0 Å². The lowest BCUT2D eigenvalue weighted by molar-refractivity contribution is -0.284. The molecule has 0 rings (SSSR count). The van der Waals surface area contributed by atoms with Gasteiger partial charge in [0.1, 0.15) is 12.2 Å². The molecule has 0 saturated carbocycles. The summed E-state index contributed by atoms with van der Waals surface area (Å²) in [5.41, 5.74) is 0. The molecule has 78 valence electrons. The Balaban J connectivity index is 3.51. The van der Waals surface area contributed by atoms with Gasteiger partial charge in [0.15, 0.2) is 0 Å². The van der Waals surface area contributed by atoms with E-state index in [1.807, 2.05) is 20.8 Å². The molecular formula is C9H18O4. The molecule has 4 heteroatoms. The summed E-state index contributed by atoms with van der Waals surface area (Å²) in [7, 11) is 0. The first-order valence-corrected chi connectivity index (χ1v) is 4.64. The summed E-state index contributed by atoms with van der Waals surface area (Å²) in [5, 5.41) is 0.